The van der Waals surface area contributed by atoms with E-state index >= 15 is 0 Å². The Bertz CT molecular complexity index is 424. The monoisotopic (exact) mass is 255 g/mol. The summed E-state index contributed by atoms with van der Waals surface area (Å²) in [7, 11) is 0. The van der Waals surface area contributed by atoms with Crippen LogP contribution in [0, 0.1) is 28.4 Å². The first-order chi connectivity index (χ1) is 7.94. The van der Waals surface area contributed by atoms with Crippen molar-refractivity contribution in [3.05, 3.63) is 29.8 Å². The van der Waals surface area contributed by atoms with Crippen LogP contribution in [-0.4, -0.2) is 5.75 Å². The van der Waals surface area contributed by atoms with Crippen molar-refractivity contribution >= 4 is 11.8 Å². The zero-order valence-electron chi connectivity index (χ0n) is 9.96. The summed E-state index contributed by atoms with van der Waals surface area (Å²) < 4.78 is 25.6. The Labute approximate surface area is 105 Å². The molecule has 0 bridgehead atoms. The average Bonchev–Trinajstić information content (AvgIpc) is 2.29. The summed E-state index contributed by atoms with van der Waals surface area (Å²) in [5.74, 6) is -0.830. The van der Waals surface area contributed by atoms with Gasteiger partial charge < -0.3 is 0 Å². The summed E-state index contributed by atoms with van der Waals surface area (Å²) in [5, 5.41) is 8.83. The molecule has 0 saturated carbocycles. The van der Waals surface area contributed by atoms with Gasteiger partial charge in [0.1, 0.15) is 0 Å². The second-order valence-electron chi connectivity index (χ2n) is 4.52. The Morgan fingerprint density at radius 3 is 2.59 bits per heavy atom. The van der Waals surface area contributed by atoms with Crippen LogP contribution in [0.1, 0.15) is 26.7 Å². The van der Waals surface area contributed by atoms with E-state index in [0.29, 0.717) is 0 Å². The molecular formula is C13H15F2NS. The van der Waals surface area contributed by atoms with E-state index in [1.54, 1.807) is 6.07 Å². The topological polar surface area (TPSA) is 23.8 Å². The van der Waals surface area contributed by atoms with Crippen LogP contribution in [0.5, 0.6) is 0 Å². The van der Waals surface area contributed by atoms with Gasteiger partial charge in [-0.3, -0.25) is 0 Å². The fourth-order valence-electron chi connectivity index (χ4n) is 1.33. The SMILES string of the molecule is CC(C)(C#N)CCCSc1ccc(F)c(F)c1. The average molecular weight is 255 g/mol. The van der Waals surface area contributed by atoms with E-state index in [2.05, 4.69) is 6.07 Å². The molecule has 4 heteroatoms. The first kappa shape index (κ1) is 14.0. The van der Waals surface area contributed by atoms with E-state index in [0.717, 1.165) is 29.6 Å². The number of nitriles is 1. The largest absolute Gasteiger partial charge is 0.204 e. The van der Waals surface area contributed by atoms with Crippen LogP contribution < -0.4 is 0 Å². The van der Waals surface area contributed by atoms with E-state index in [-0.39, 0.29) is 5.41 Å². The molecule has 1 rings (SSSR count). The van der Waals surface area contributed by atoms with E-state index in [1.807, 2.05) is 13.8 Å². The van der Waals surface area contributed by atoms with E-state index in [4.69, 9.17) is 5.26 Å². The third-order valence-corrected chi connectivity index (χ3v) is 3.49. The lowest BCUT2D eigenvalue weighted by Crippen LogP contribution is -2.07. The predicted octanol–water partition coefficient (Wildman–Crippen LogP) is 4.39. The first-order valence-corrected chi connectivity index (χ1v) is 6.42. The van der Waals surface area contributed by atoms with Crippen LogP contribution >= 0.6 is 11.8 Å². The molecular weight excluding hydrogens is 240 g/mol. The molecule has 1 nitrogen and oxygen atoms in total. The summed E-state index contributed by atoms with van der Waals surface area (Å²) in [4.78, 5) is 0.721. The molecule has 0 amide bonds. The number of hydrogen-bond acceptors (Lipinski definition) is 2. The molecule has 0 aliphatic heterocycles. The highest BCUT2D eigenvalue weighted by Crippen LogP contribution is 2.25. The maximum atomic E-state index is 12.9. The summed E-state index contributed by atoms with van der Waals surface area (Å²) in [6.07, 6.45) is 1.68. The van der Waals surface area contributed by atoms with Crippen molar-refractivity contribution in [2.45, 2.75) is 31.6 Å². The maximum absolute atomic E-state index is 12.9. The fourth-order valence-corrected chi connectivity index (χ4v) is 2.20. The Hall–Kier alpha value is -1.08. The predicted molar refractivity (Wildman–Crippen MR) is 65.7 cm³/mol. The summed E-state index contributed by atoms with van der Waals surface area (Å²) in [5.41, 5.74) is -0.311. The molecule has 0 aromatic heterocycles. The minimum Gasteiger partial charge on any atom is -0.204 e. The van der Waals surface area contributed by atoms with Gasteiger partial charge >= 0.3 is 0 Å². The first-order valence-electron chi connectivity index (χ1n) is 5.44. The third kappa shape index (κ3) is 4.74. The molecule has 0 atom stereocenters. The quantitative estimate of drug-likeness (QED) is 0.575. The molecule has 1 aromatic rings. The van der Waals surface area contributed by atoms with Crippen molar-refractivity contribution in [3.63, 3.8) is 0 Å². The molecule has 0 N–H and O–H groups in total. The lowest BCUT2D eigenvalue weighted by Gasteiger charge is -2.13. The van der Waals surface area contributed by atoms with Crippen LogP contribution in [0.15, 0.2) is 23.1 Å². The number of hydrogen-bond donors (Lipinski definition) is 0. The van der Waals surface area contributed by atoms with Crippen LogP contribution in [0.4, 0.5) is 8.78 Å². The lowest BCUT2D eigenvalue weighted by atomic mass is 9.90. The molecule has 0 saturated heterocycles. The second kappa shape index (κ2) is 6.02. The van der Waals surface area contributed by atoms with Gasteiger partial charge in [0, 0.05) is 4.90 Å². The Kier molecular flexibility index (Phi) is 4.95. The number of nitrogens with zero attached hydrogens (tertiary/aromatic N) is 1. The van der Waals surface area contributed by atoms with Crippen molar-refractivity contribution in [1.29, 1.82) is 5.26 Å². The standard InChI is InChI=1S/C13H15F2NS/c1-13(2,9-16)6-3-7-17-10-4-5-11(14)12(15)8-10/h4-5,8H,3,6-7H2,1-2H3. The third-order valence-electron chi connectivity index (χ3n) is 2.41. The molecule has 0 radical (unpaired) electrons. The van der Waals surface area contributed by atoms with Gasteiger partial charge in [-0.15, -0.1) is 11.8 Å². The van der Waals surface area contributed by atoms with Crippen molar-refractivity contribution in [2.24, 2.45) is 5.41 Å². The molecule has 0 fully saturated rings. The van der Waals surface area contributed by atoms with Gasteiger partial charge in [-0.1, -0.05) is 0 Å². The van der Waals surface area contributed by atoms with E-state index in [9.17, 15) is 8.78 Å². The zero-order valence-corrected chi connectivity index (χ0v) is 10.8. The molecule has 1 aromatic carbocycles. The normalized spacial score (nSPS) is 11.2. The van der Waals surface area contributed by atoms with Crippen molar-refractivity contribution in [2.75, 3.05) is 5.75 Å². The van der Waals surface area contributed by atoms with Gasteiger partial charge in [0.2, 0.25) is 0 Å². The van der Waals surface area contributed by atoms with Crippen LogP contribution in [0.25, 0.3) is 0 Å². The molecule has 0 aliphatic rings. The number of benzene rings is 1. The second-order valence-corrected chi connectivity index (χ2v) is 5.69. The van der Waals surface area contributed by atoms with Crippen LogP contribution in [0.2, 0.25) is 0 Å². The molecule has 17 heavy (non-hydrogen) atoms. The number of halogens is 2. The highest BCUT2D eigenvalue weighted by atomic mass is 32.2. The van der Waals surface area contributed by atoms with Gasteiger partial charge in [-0.05, 0) is 50.6 Å². The van der Waals surface area contributed by atoms with E-state index < -0.39 is 11.6 Å². The van der Waals surface area contributed by atoms with Crippen LogP contribution in [-0.2, 0) is 0 Å². The maximum Gasteiger partial charge on any atom is 0.159 e. The minimum atomic E-state index is -0.819. The molecule has 0 heterocycles. The smallest absolute Gasteiger partial charge is 0.159 e. The zero-order chi connectivity index (χ0) is 12.9. The van der Waals surface area contributed by atoms with Gasteiger partial charge in [0.15, 0.2) is 11.6 Å². The molecule has 0 aliphatic carbocycles. The van der Waals surface area contributed by atoms with Gasteiger partial charge in [0.25, 0.3) is 0 Å². The Balaban J connectivity index is 2.37. The van der Waals surface area contributed by atoms with Crippen molar-refractivity contribution in [3.8, 4) is 6.07 Å². The Morgan fingerprint density at radius 1 is 1.29 bits per heavy atom. The fraction of sp³-hybridized carbons (Fsp3) is 0.462. The molecule has 0 spiro atoms. The molecule has 0 unspecified atom stereocenters. The number of thioether (sulfide) groups is 1. The minimum absolute atomic E-state index is 0.311. The van der Waals surface area contributed by atoms with Gasteiger partial charge in [-0.25, -0.2) is 8.78 Å². The van der Waals surface area contributed by atoms with Gasteiger partial charge in [-0.2, -0.15) is 5.26 Å². The molecule has 92 valence electrons. The van der Waals surface area contributed by atoms with Crippen LogP contribution in [0.3, 0.4) is 0 Å². The lowest BCUT2D eigenvalue weighted by molar-refractivity contribution is 0.448. The van der Waals surface area contributed by atoms with E-state index in [1.165, 1.54) is 17.8 Å². The van der Waals surface area contributed by atoms with Crippen molar-refractivity contribution < 1.29 is 8.78 Å². The Morgan fingerprint density at radius 2 is 2.00 bits per heavy atom. The van der Waals surface area contributed by atoms with Gasteiger partial charge in [0.05, 0.1) is 11.5 Å². The summed E-state index contributed by atoms with van der Waals surface area (Å²) >= 11 is 1.48. The highest BCUT2D eigenvalue weighted by Gasteiger charge is 2.15. The summed E-state index contributed by atoms with van der Waals surface area (Å²) in [6, 6.07) is 6.15. The highest BCUT2D eigenvalue weighted by molar-refractivity contribution is 7.99. The van der Waals surface area contributed by atoms with Crippen molar-refractivity contribution in [1.82, 2.24) is 0 Å². The summed E-state index contributed by atoms with van der Waals surface area (Å²) in [6.45, 7) is 3.80. The number of rotatable bonds is 5.